The van der Waals surface area contributed by atoms with E-state index in [1.54, 1.807) is 30.1 Å². The second kappa shape index (κ2) is 10.6. The average molecular weight is 597 g/mol. The van der Waals surface area contributed by atoms with E-state index >= 15 is 0 Å². The highest BCUT2D eigenvalue weighted by molar-refractivity contribution is 7.89. The molecule has 0 unspecified atom stereocenters. The van der Waals surface area contributed by atoms with E-state index in [1.165, 1.54) is 35.4 Å². The van der Waals surface area contributed by atoms with Gasteiger partial charge in [-0.1, -0.05) is 5.57 Å². The zero-order valence-electron chi connectivity index (χ0n) is 22.6. The van der Waals surface area contributed by atoms with Gasteiger partial charge in [0.2, 0.25) is 10.0 Å². The average Bonchev–Trinajstić information content (AvgIpc) is 3.60. The summed E-state index contributed by atoms with van der Waals surface area (Å²) < 4.78 is 73.1. The molecule has 4 aromatic rings. The Morgan fingerprint density at radius 3 is 2.60 bits per heavy atom. The van der Waals surface area contributed by atoms with Crippen LogP contribution in [0.4, 0.5) is 13.2 Å². The molecule has 13 heteroatoms. The maximum Gasteiger partial charge on any atom is 0.246 e. The third kappa shape index (κ3) is 4.75. The standard InChI is InChI=1S/C29H27F3N6O3S/c1-36-18-25(17-34-36)42(40,41)37(11-9-30)24-5-2-20-12-27-19(16-35-38(27)23-6-3-21(31)4-7-23)14-29(20,15-24)28(39)26-13-22(32)8-10-33-26/h3-4,6-8,10,12-13,16-18,24H,2,5,9,11,14-15H2,1H3/t24-,29-/m0/s1. The van der Waals surface area contributed by atoms with Gasteiger partial charge in [0.15, 0.2) is 5.78 Å². The van der Waals surface area contributed by atoms with Crippen LogP contribution in [0.5, 0.6) is 0 Å². The fourth-order valence-corrected chi connectivity index (χ4v) is 7.76. The summed E-state index contributed by atoms with van der Waals surface area (Å²) >= 11 is 0. The molecule has 3 aromatic heterocycles. The lowest BCUT2D eigenvalue weighted by molar-refractivity contribution is 0.0734. The number of carbonyl (C=O) groups is 1. The van der Waals surface area contributed by atoms with Gasteiger partial charge in [0.1, 0.15) is 28.9 Å². The quantitative estimate of drug-likeness (QED) is 0.281. The summed E-state index contributed by atoms with van der Waals surface area (Å²) in [6.45, 7) is -1.31. The van der Waals surface area contributed by atoms with Crippen LogP contribution < -0.4 is 0 Å². The summed E-state index contributed by atoms with van der Waals surface area (Å²) in [6.07, 6.45) is 8.10. The van der Waals surface area contributed by atoms with Crippen LogP contribution in [0.25, 0.3) is 11.8 Å². The van der Waals surface area contributed by atoms with Crippen molar-refractivity contribution in [2.24, 2.45) is 12.5 Å². The van der Waals surface area contributed by atoms with E-state index in [0.29, 0.717) is 29.8 Å². The van der Waals surface area contributed by atoms with Gasteiger partial charge in [-0.05, 0) is 67.7 Å². The van der Waals surface area contributed by atoms with Crippen LogP contribution in [-0.4, -0.2) is 62.3 Å². The highest BCUT2D eigenvalue weighted by Crippen LogP contribution is 2.51. The molecule has 1 fully saturated rings. The molecule has 6 rings (SSSR count). The van der Waals surface area contributed by atoms with E-state index in [1.807, 2.05) is 6.08 Å². The Labute approximate surface area is 240 Å². The molecule has 0 amide bonds. The van der Waals surface area contributed by atoms with E-state index < -0.39 is 46.3 Å². The summed E-state index contributed by atoms with van der Waals surface area (Å²) in [7, 11) is -2.56. The first-order chi connectivity index (χ1) is 20.1. The third-order valence-electron chi connectivity index (χ3n) is 8.10. The number of aryl methyl sites for hydroxylation is 1. The predicted octanol–water partition coefficient (Wildman–Crippen LogP) is 4.30. The molecular formula is C29H27F3N6O3S. The first-order valence-corrected chi connectivity index (χ1v) is 14.8. The number of allylic oxidation sites excluding steroid dienone is 1. The zero-order chi connectivity index (χ0) is 29.6. The number of sulfonamides is 1. The van der Waals surface area contributed by atoms with Gasteiger partial charge in [0.25, 0.3) is 0 Å². The SMILES string of the molecule is Cn1cc(S(=O)(=O)N(CCF)[C@H]2CCC3=Cc4c(cnn4-c4ccc(F)cc4)C[C@]3(C(=O)c3cc(F)ccn3)C2)cn1. The molecule has 0 saturated heterocycles. The van der Waals surface area contributed by atoms with Gasteiger partial charge in [-0.15, -0.1) is 0 Å². The van der Waals surface area contributed by atoms with E-state index in [4.69, 9.17) is 0 Å². The Kier molecular flexibility index (Phi) is 7.09. The molecule has 2 aliphatic carbocycles. The number of Topliss-reactive ketones (excluding diaryl/α,β-unsaturated/α-hetero) is 1. The molecular weight excluding hydrogens is 569 g/mol. The van der Waals surface area contributed by atoms with Crippen molar-refractivity contribution in [3.05, 3.63) is 95.3 Å². The Bertz CT molecular complexity index is 1800. The molecule has 0 N–H and O–H groups in total. The molecule has 0 radical (unpaired) electrons. The normalized spacial score (nSPS) is 20.2. The first kappa shape index (κ1) is 28.0. The molecule has 0 aliphatic heterocycles. The van der Waals surface area contributed by atoms with Crippen LogP contribution in [0, 0.1) is 17.0 Å². The van der Waals surface area contributed by atoms with E-state index in [9.17, 15) is 26.4 Å². The fourth-order valence-electron chi connectivity index (χ4n) is 6.14. The Morgan fingerprint density at radius 2 is 1.90 bits per heavy atom. The van der Waals surface area contributed by atoms with Crippen molar-refractivity contribution in [3.63, 3.8) is 0 Å². The van der Waals surface area contributed by atoms with Gasteiger partial charge in [-0.3, -0.25) is 14.5 Å². The second-order valence-electron chi connectivity index (χ2n) is 10.6. The van der Waals surface area contributed by atoms with Crippen molar-refractivity contribution in [2.45, 2.75) is 36.6 Å². The predicted molar refractivity (Wildman–Crippen MR) is 147 cm³/mol. The first-order valence-electron chi connectivity index (χ1n) is 13.4. The fraction of sp³-hybridized carbons (Fsp3) is 0.310. The van der Waals surface area contributed by atoms with Crippen molar-refractivity contribution < 1.29 is 26.4 Å². The van der Waals surface area contributed by atoms with E-state index in [0.717, 1.165) is 22.0 Å². The summed E-state index contributed by atoms with van der Waals surface area (Å²) in [5.41, 5.74) is 1.43. The number of carbonyl (C=O) groups excluding carboxylic acids is 1. The van der Waals surface area contributed by atoms with Crippen LogP contribution in [0.3, 0.4) is 0 Å². The van der Waals surface area contributed by atoms with Gasteiger partial charge < -0.3 is 0 Å². The Morgan fingerprint density at radius 1 is 1.12 bits per heavy atom. The topological polar surface area (TPSA) is 103 Å². The van der Waals surface area contributed by atoms with E-state index in [2.05, 4.69) is 15.2 Å². The number of nitrogens with zero attached hydrogens (tertiary/aromatic N) is 6. The monoisotopic (exact) mass is 596 g/mol. The van der Waals surface area contributed by atoms with Crippen molar-refractivity contribution >= 4 is 21.9 Å². The minimum Gasteiger partial charge on any atom is -0.291 e. The lowest BCUT2D eigenvalue weighted by atomic mass is 9.60. The van der Waals surface area contributed by atoms with Gasteiger partial charge in [0.05, 0.1) is 29.2 Å². The van der Waals surface area contributed by atoms with Crippen LogP contribution in [0.1, 0.15) is 41.0 Å². The highest BCUT2D eigenvalue weighted by atomic mass is 32.2. The number of rotatable bonds is 8. The van der Waals surface area contributed by atoms with Crippen molar-refractivity contribution in [1.29, 1.82) is 0 Å². The number of aromatic nitrogens is 5. The van der Waals surface area contributed by atoms with Crippen LogP contribution in [0.2, 0.25) is 0 Å². The number of pyridine rings is 1. The number of halogens is 3. The Hall–Kier alpha value is -4.10. The van der Waals surface area contributed by atoms with Crippen molar-refractivity contribution in [1.82, 2.24) is 28.9 Å². The van der Waals surface area contributed by atoms with Gasteiger partial charge >= 0.3 is 0 Å². The Balaban J connectivity index is 1.45. The van der Waals surface area contributed by atoms with Gasteiger partial charge in [0, 0.05) is 38.1 Å². The molecule has 1 saturated carbocycles. The summed E-state index contributed by atoms with van der Waals surface area (Å²) in [4.78, 5) is 18.4. The molecule has 1 aromatic carbocycles. The highest BCUT2D eigenvalue weighted by Gasteiger charge is 2.51. The number of fused-ring (bicyclic) bond motifs is 2. The van der Waals surface area contributed by atoms with Crippen LogP contribution in [-0.2, 0) is 23.5 Å². The lowest BCUT2D eigenvalue weighted by Crippen LogP contribution is -2.51. The molecule has 9 nitrogen and oxygen atoms in total. The van der Waals surface area contributed by atoms with Gasteiger partial charge in [-0.2, -0.15) is 14.5 Å². The summed E-state index contributed by atoms with van der Waals surface area (Å²) in [5.74, 6) is -1.46. The van der Waals surface area contributed by atoms with Crippen molar-refractivity contribution in [3.8, 4) is 5.69 Å². The smallest absolute Gasteiger partial charge is 0.246 e. The minimum atomic E-state index is -4.14. The molecule has 2 atom stereocenters. The maximum atomic E-state index is 14.3. The molecule has 0 bridgehead atoms. The molecule has 0 spiro atoms. The number of alkyl halides is 1. The number of hydrogen-bond donors (Lipinski definition) is 0. The number of ketones is 1. The number of benzene rings is 1. The summed E-state index contributed by atoms with van der Waals surface area (Å²) in [5, 5.41) is 8.46. The molecule has 3 heterocycles. The largest absolute Gasteiger partial charge is 0.291 e. The van der Waals surface area contributed by atoms with Crippen LogP contribution in [0.15, 0.2) is 71.7 Å². The maximum absolute atomic E-state index is 14.3. The minimum absolute atomic E-state index is 0.0382. The third-order valence-corrected chi connectivity index (χ3v) is 10.0. The molecule has 218 valence electrons. The summed E-state index contributed by atoms with van der Waals surface area (Å²) in [6, 6.07) is 7.34. The molecule has 2 aliphatic rings. The molecule has 42 heavy (non-hydrogen) atoms. The van der Waals surface area contributed by atoms with Crippen LogP contribution >= 0.6 is 0 Å². The van der Waals surface area contributed by atoms with E-state index in [-0.39, 0.29) is 29.2 Å². The second-order valence-corrected chi connectivity index (χ2v) is 12.5. The van der Waals surface area contributed by atoms with Crippen molar-refractivity contribution in [2.75, 3.05) is 13.2 Å². The number of hydrogen-bond acceptors (Lipinski definition) is 6. The zero-order valence-corrected chi connectivity index (χ0v) is 23.4. The lowest BCUT2D eigenvalue weighted by Gasteiger charge is -2.46. The van der Waals surface area contributed by atoms with Gasteiger partial charge in [-0.25, -0.2) is 26.3 Å².